The Bertz CT molecular complexity index is 1290. The minimum Gasteiger partial charge on any atom is -0.462 e. The Kier molecular flexibility index (Phi) is 58.2. The summed E-state index contributed by atoms with van der Waals surface area (Å²) in [6.45, 7) is 6.46. The van der Waals surface area contributed by atoms with Gasteiger partial charge in [0.2, 0.25) is 0 Å². The number of hydrogen-bond donors (Lipinski definition) is 0. The van der Waals surface area contributed by atoms with Crippen LogP contribution in [0.5, 0.6) is 0 Å². The van der Waals surface area contributed by atoms with Gasteiger partial charge in [-0.2, -0.15) is 0 Å². The Morgan fingerprint density at radius 3 is 0.903 bits per heavy atom. The summed E-state index contributed by atoms with van der Waals surface area (Å²) >= 11 is 0. The van der Waals surface area contributed by atoms with E-state index in [2.05, 4.69) is 75.5 Å². The van der Waals surface area contributed by atoms with E-state index in [1.54, 1.807) is 0 Å². The lowest BCUT2D eigenvalue weighted by molar-refractivity contribution is -0.166. The minimum atomic E-state index is -0.807. The van der Waals surface area contributed by atoms with Gasteiger partial charge in [-0.3, -0.25) is 14.4 Å². The molecule has 1 atom stereocenters. The number of carbonyl (C=O) groups excluding carboxylic acids is 3. The maximum Gasteiger partial charge on any atom is 0.306 e. The van der Waals surface area contributed by atoms with Crippen LogP contribution >= 0.6 is 0 Å². The quantitative estimate of drug-likeness (QED) is 0.0261. The van der Waals surface area contributed by atoms with Crippen LogP contribution in [0.3, 0.4) is 0 Å². The smallest absolute Gasteiger partial charge is 0.306 e. The molecule has 0 saturated heterocycles. The Hall–Kier alpha value is -2.89. The summed E-state index contributed by atoms with van der Waals surface area (Å²) < 4.78 is 16.7. The molecule has 6 heteroatoms. The van der Waals surface area contributed by atoms with Crippen LogP contribution in [0.25, 0.3) is 0 Å². The molecule has 418 valence electrons. The third kappa shape index (κ3) is 58.0. The van der Waals surface area contributed by atoms with E-state index in [-0.39, 0.29) is 37.5 Å². The average Bonchev–Trinajstić information content (AvgIpc) is 3.38. The molecule has 0 radical (unpaired) electrons. The number of ether oxygens (including phenoxy) is 3. The fourth-order valence-electron chi connectivity index (χ4n) is 9.10. The molecule has 0 aromatic carbocycles. The Balaban J connectivity index is 3.99. The van der Waals surface area contributed by atoms with Crippen LogP contribution in [0.1, 0.15) is 323 Å². The summed E-state index contributed by atoms with van der Waals surface area (Å²) in [4.78, 5) is 37.9. The highest BCUT2D eigenvalue weighted by Gasteiger charge is 2.19. The molecule has 0 rings (SSSR count). The van der Waals surface area contributed by atoms with Gasteiger partial charge in [-0.25, -0.2) is 0 Å². The van der Waals surface area contributed by atoms with Crippen LogP contribution in [0.15, 0.2) is 60.8 Å². The zero-order chi connectivity index (χ0) is 52.2. The molecule has 0 aromatic rings. The highest BCUT2D eigenvalue weighted by atomic mass is 16.6. The lowest BCUT2D eigenvalue weighted by Gasteiger charge is -2.18. The first-order chi connectivity index (χ1) is 35.5. The first-order valence-electron chi connectivity index (χ1n) is 31.3. The van der Waals surface area contributed by atoms with Crippen molar-refractivity contribution in [2.24, 2.45) is 0 Å². The van der Waals surface area contributed by atoms with Crippen LogP contribution in [0.2, 0.25) is 0 Å². The summed E-state index contributed by atoms with van der Waals surface area (Å²) in [5.74, 6) is -0.975. The van der Waals surface area contributed by atoms with Gasteiger partial charge in [-0.15, -0.1) is 0 Å². The van der Waals surface area contributed by atoms with Crippen molar-refractivity contribution >= 4 is 17.9 Å². The normalized spacial score (nSPS) is 12.4. The van der Waals surface area contributed by atoms with E-state index >= 15 is 0 Å². The molecule has 0 bridgehead atoms. The monoisotopic (exact) mass is 1010 g/mol. The molecule has 0 aliphatic heterocycles. The summed E-state index contributed by atoms with van der Waals surface area (Å²) in [6.07, 6.45) is 77.2. The van der Waals surface area contributed by atoms with Gasteiger partial charge in [-0.05, 0) is 70.6 Å². The molecule has 6 nitrogen and oxygen atoms in total. The molecule has 0 saturated carbocycles. The summed E-state index contributed by atoms with van der Waals surface area (Å²) in [5.41, 5.74) is 0. The highest BCUT2D eigenvalue weighted by molar-refractivity contribution is 5.71. The van der Waals surface area contributed by atoms with Crippen LogP contribution in [0.4, 0.5) is 0 Å². The molecule has 0 amide bonds. The third-order valence-electron chi connectivity index (χ3n) is 13.8. The molecule has 0 fully saturated rings. The number of allylic oxidation sites excluding steroid dienone is 10. The van der Waals surface area contributed by atoms with E-state index in [4.69, 9.17) is 14.2 Å². The second kappa shape index (κ2) is 60.7. The standard InChI is InChI=1S/C66H118O6/c1-4-7-10-13-16-19-21-23-24-25-26-27-28-29-30-31-32-33-34-35-36-37-38-39-40-41-42-44-45-47-50-53-56-59-65(68)71-62-63(61-70-64(67)58-55-52-49-18-15-12-9-6-3)72-66(69)60-57-54-51-48-46-43-22-20-17-14-11-8-5-2/h8,11,17,20,25-26,43,46,51,54,63H,4-7,9-10,12-16,18-19,21-24,27-42,44-45,47-50,52-53,55-62H2,1-3H3/b11-8-,20-17-,26-25-,46-43-,54-51-. The van der Waals surface area contributed by atoms with Gasteiger partial charge in [0.1, 0.15) is 13.2 Å². The summed E-state index contributed by atoms with van der Waals surface area (Å²) in [6, 6.07) is 0. The van der Waals surface area contributed by atoms with Crippen LogP contribution in [-0.4, -0.2) is 37.2 Å². The molecule has 0 aliphatic carbocycles. The Labute approximate surface area is 447 Å². The summed E-state index contributed by atoms with van der Waals surface area (Å²) in [5, 5.41) is 0. The topological polar surface area (TPSA) is 78.9 Å². The van der Waals surface area contributed by atoms with Gasteiger partial charge in [0, 0.05) is 19.3 Å². The van der Waals surface area contributed by atoms with E-state index in [9.17, 15) is 14.4 Å². The zero-order valence-electron chi connectivity index (χ0n) is 47.9. The molecule has 0 spiro atoms. The molecular weight excluding hydrogens is 889 g/mol. The molecule has 0 heterocycles. The maximum absolute atomic E-state index is 12.7. The average molecular weight is 1010 g/mol. The van der Waals surface area contributed by atoms with Crippen molar-refractivity contribution in [3.05, 3.63) is 60.8 Å². The molecule has 0 aliphatic rings. The number of esters is 3. The number of rotatable bonds is 57. The molecule has 0 N–H and O–H groups in total. The number of hydrogen-bond acceptors (Lipinski definition) is 6. The Morgan fingerprint density at radius 1 is 0.292 bits per heavy atom. The lowest BCUT2D eigenvalue weighted by Crippen LogP contribution is -2.30. The van der Waals surface area contributed by atoms with Gasteiger partial charge in [-0.1, -0.05) is 293 Å². The van der Waals surface area contributed by atoms with Gasteiger partial charge in [0.15, 0.2) is 6.10 Å². The van der Waals surface area contributed by atoms with E-state index in [0.717, 1.165) is 64.2 Å². The molecular formula is C66H118O6. The first kappa shape index (κ1) is 69.1. The van der Waals surface area contributed by atoms with Crippen molar-refractivity contribution in [2.45, 2.75) is 329 Å². The van der Waals surface area contributed by atoms with E-state index < -0.39 is 6.10 Å². The van der Waals surface area contributed by atoms with Gasteiger partial charge in [0.25, 0.3) is 0 Å². The second-order valence-electron chi connectivity index (χ2n) is 20.9. The number of carbonyl (C=O) groups is 3. The van der Waals surface area contributed by atoms with Crippen LogP contribution in [0, 0.1) is 0 Å². The van der Waals surface area contributed by atoms with Crippen molar-refractivity contribution in [2.75, 3.05) is 13.2 Å². The third-order valence-corrected chi connectivity index (χ3v) is 13.8. The first-order valence-corrected chi connectivity index (χ1v) is 31.3. The molecule has 1 unspecified atom stereocenters. The van der Waals surface area contributed by atoms with Gasteiger partial charge < -0.3 is 14.2 Å². The predicted octanol–water partition coefficient (Wildman–Crippen LogP) is 21.2. The van der Waals surface area contributed by atoms with Gasteiger partial charge >= 0.3 is 17.9 Å². The maximum atomic E-state index is 12.7. The Morgan fingerprint density at radius 2 is 0.569 bits per heavy atom. The minimum absolute atomic E-state index is 0.0993. The molecule has 0 aromatic heterocycles. The molecule has 72 heavy (non-hydrogen) atoms. The van der Waals surface area contributed by atoms with Crippen molar-refractivity contribution in [1.29, 1.82) is 0 Å². The van der Waals surface area contributed by atoms with Crippen LogP contribution < -0.4 is 0 Å². The fourth-order valence-corrected chi connectivity index (χ4v) is 9.10. The van der Waals surface area contributed by atoms with Crippen molar-refractivity contribution in [3.8, 4) is 0 Å². The number of unbranched alkanes of at least 4 members (excludes halogenated alkanes) is 36. The highest BCUT2D eigenvalue weighted by Crippen LogP contribution is 2.17. The fraction of sp³-hybridized carbons (Fsp3) is 0.803. The van der Waals surface area contributed by atoms with E-state index in [1.165, 1.54) is 212 Å². The second-order valence-corrected chi connectivity index (χ2v) is 20.9. The van der Waals surface area contributed by atoms with Crippen molar-refractivity contribution in [1.82, 2.24) is 0 Å². The lowest BCUT2D eigenvalue weighted by atomic mass is 10.0. The van der Waals surface area contributed by atoms with Crippen molar-refractivity contribution < 1.29 is 28.6 Å². The van der Waals surface area contributed by atoms with Crippen LogP contribution in [-0.2, 0) is 28.6 Å². The van der Waals surface area contributed by atoms with E-state index in [1.807, 2.05) is 6.08 Å². The predicted molar refractivity (Wildman–Crippen MR) is 312 cm³/mol. The zero-order valence-corrected chi connectivity index (χ0v) is 47.9. The van der Waals surface area contributed by atoms with E-state index in [0.29, 0.717) is 19.3 Å². The summed E-state index contributed by atoms with van der Waals surface area (Å²) in [7, 11) is 0. The largest absolute Gasteiger partial charge is 0.462 e. The SMILES string of the molecule is CC/C=C\C/C=C\C/C=C\C/C=C\CCC(=O)OC(COC(=O)CCCCCCCCCC)COC(=O)CCCCCCCCCCCCCCCCCCCCCCC/C=C\CCCCCCCCCC. The van der Waals surface area contributed by atoms with Crippen molar-refractivity contribution in [3.63, 3.8) is 0 Å². The van der Waals surface area contributed by atoms with Gasteiger partial charge in [0.05, 0.1) is 0 Å².